The molecule has 126 valence electrons. The van der Waals surface area contributed by atoms with E-state index < -0.39 is 17.5 Å². The molecular weight excluding hydrogens is 302 g/mol. The van der Waals surface area contributed by atoms with Crippen molar-refractivity contribution in [2.45, 2.75) is 39.0 Å². The van der Waals surface area contributed by atoms with Crippen molar-refractivity contribution in [1.82, 2.24) is 4.90 Å². The van der Waals surface area contributed by atoms with Crippen molar-refractivity contribution < 1.29 is 18.4 Å². The van der Waals surface area contributed by atoms with E-state index in [1.807, 2.05) is 0 Å². The van der Waals surface area contributed by atoms with Gasteiger partial charge in [0.05, 0.1) is 0 Å². The van der Waals surface area contributed by atoms with E-state index in [4.69, 9.17) is 0 Å². The van der Waals surface area contributed by atoms with Crippen LogP contribution >= 0.6 is 0 Å². The van der Waals surface area contributed by atoms with Gasteiger partial charge in [-0.15, -0.1) is 0 Å². The van der Waals surface area contributed by atoms with E-state index in [0.29, 0.717) is 13.1 Å². The lowest BCUT2D eigenvalue weighted by atomic mass is 10.2. The normalized spacial score (nSPS) is 15.2. The van der Waals surface area contributed by atoms with Gasteiger partial charge in [-0.25, -0.2) is 8.78 Å². The molecular formula is C17H22F2N2O2. The second-order valence-corrected chi connectivity index (χ2v) is 5.79. The SMILES string of the molecule is CC(=O)N(CCC(=O)N1CCCCCC1)c1c(F)cccc1F. The average Bonchev–Trinajstić information content (AvgIpc) is 2.78. The molecule has 1 aliphatic heterocycles. The highest BCUT2D eigenvalue weighted by Gasteiger charge is 2.22. The summed E-state index contributed by atoms with van der Waals surface area (Å²) in [4.78, 5) is 26.8. The van der Waals surface area contributed by atoms with Gasteiger partial charge in [-0.05, 0) is 25.0 Å². The molecule has 0 aliphatic carbocycles. The molecule has 0 bridgehead atoms. The number of carbonyl (C=O) groups excluding carboxylic acids is 2. The van der Waals surface area contributed by atoms with Crippen molar-refractivity contribution in [3.8, 4) is 0 Å². The Labute approximate surface area is 135 Å². The predicted octanol–water partition coefficient (Wildman–Crippen LogP) is 3.11. The number of para-hydroxylation sites is 1. The van der Waals surface area contributed by atoms with Gasteiger partial charge in [-0.1, -0.05) is 18.9 Å². The first-order chi connectivity index (χ1) is 11.0. The molecule has 1 fully saturated rings. The van der Waals surface area contributed by atoms with Crippen LogP contribution in [0.2, 0.25) is 0 Å². The fraction of sp³-hybridized carbons (Fsp3) is 0.529. The van der Waals surface area contributed by atoms with Gasteiger partial charge in [0.2, 0.25) is 11.8 Å². The summed E-state index contributed by atoms with van der Waals surface area (Å²) in [7, 11) is 0. The van der Waals surface area contributed by atoms with Crippen molar-refractivity contribution in [3.05, 3.63) is 29.8 Å². The number of amides is 2. The zero-order chi connectivity index (χ0) is 16.8. The Morgan fingerprint density at radius 2 is 1.65 bits per heavy atom. The fourth-order valence-electron chi connectivity index (χ4n) is 2.86. The highest BCUT2D eigenvalue weighted by Crippen LogP contribution is 2.24. The van der Waals surface area contributed by atoms with E-state index in [0.717, 1.165) is 42.7 Å². The molecule has 1 saturated heterocycles. The Morgan fingerprint density at radius 3 is 2.17 bits per heavy atom. The molecule has 6 heteroatoms. The highest BCUT2D eigenvalue weighted by atomic mass is 19.1. The minimum Gasteiger partial charge on any atom is -0.343 e. The zero-order valence-electron chi connectivity index (χ0n) is 13.4. The standard InChI is InChI=1S/C17H22F2N2O2/c1-13(22)21(17-14(18)7-6-8-15(17)19)12-9-16(23)20-10-4-2-3-5-11-20/h6-8H,2-5,9-12H2,1H3. The van der Waals surface area contributed by atoms with E-state index in [1.54, 1.807) is 4.90 Å². The third-order valence-corrected chi connectivity index (χ3v) is 4.10. The summed E-state index contributed by atoms with van der Waals surface area (Å²) in [6, 6.07) is 3.45. The molecule has 2 amide bonds. The lowest BCUT2D eigenvalue weighted by Gasteiger charge is -2.25. The molecule has 1 aromatic rings. The van der Waals surface area contributed by atoms with Gasteiger partial charge in [0, 0.05) is 33.0 Å². The predicted molar refractivity (Wildman–Crippen MR) is 84.1 cm³/mol. The second kappa shape index (κ2) is 8.04. The molecule has 23 heavy (non-hydrogen) atoms. The molecule has 4 nitrogen and oxygen atoms in total. The maximum atomic E-state index is 13.9. The quantitative estimate of drug-likeness (QED) is 0.854. The summed E-state index contributed by atoms with van der Waals surface area (Å²) in [5.41, 5.74) is -0.385. The summed E-state index contributed by atoms with van der Waals surface area (Å²) in [6.45, 7) is 2.64. The monoisotopic (exact) mass is 324 g/mol. The number of likely N-dealkylation sites (tertiary alicyclic amines) is 1. The third-order valence-electron chi connectivity index (χ3n) is 4.10. The van der Waals surface area contributed by atoms with Crippen molar-refractivity contribution in [3.63, 3.8) is 0 Å². The lowest BCUT2D eigenvalue weighted by molar-refractivity contribution is -0.131. The van der Waals surface area contributed by atoms with E-state index in [2.05, 4.69) is 0 Å². The number of carbonyl (C=O) groups is 2. The smallest absolute Gasteiger partial charge is 0.224 e. The number of hydrogen-bond acceptors (Lipinski definition) is 2. The van der Waals surface area contributed by atoms with Gasteiger partial charge in [0.15, 0.2) is 0 Å². The maximum Gasteiger partial charge on any atom is 0.224 e. The van der Waals surface area contributed by atoms with E-state index in [9.17, 15) is 18.4 Å². The Bertz CT molecular complexity index is 549. The van der Waals surface area contributed by atoms with E-state index in [-0.39, 0.29) is 24.6 Å². The van der Waals surface area contributed by atoms with Gasteiger partial charge >= 0.3 is 0 Å². The molecule has 0 N–H and O–H groups in total. The summed E-state index contributed by atoms with van der Waals surface area (Å²) in [5.74, 6) is -2.17. The van der Waals surface area contributed by atoms with Gasteiger partial charge in [0.25, 0.3) is 0 Å². The maximum absolute atomic E-state index is 13.9. The Hall–Kier alpha value is -1.98. The molecule has 0 atom stereocenters. The van der Waals surface area contributed by atoms with Crippen LogP contribution in [0.15, 0.2) is 18.2 Å². The number of hydrogen-bond donors (Lipinski definition) is 0. The van der Waals surface area contributed by atoms with Gasteiger partial charge in [-0.2, -0.15) is 0 Å². The molecule has 0 spiro atoms. The van der Waals surface area contributed by atoms with Crippen LogP contribution in [-0.4, -0.2) is 36.3 Å². The van der Waals surface area contributed by atoms with Crippen molar-refractivity contribution >= 4 is 17.5 Å². The molecule has 1 aromatic carbocycles. The van der Waals surface area contributed by atoms with Gasteiger partial charge in [-0.3, -0.25) is 9.59 Å². The van der Waals surface area contributed by atoms with Crippen LogP contribution in [0.4, 0.5) is 14.5 Å². The fourth-order valence-corrected chi connectivity index (χ4v) is 2.86. The lowest BCUT2D eigenvalue weighted by Crippen LogP contribution is -2.37. The summed E-state index contributed by atoms with van der Waals surface area (Å²) < 4.78 is 27.7. The second-order valence-electron chi connectivity index (χ2n) is 5.79. The number of rotatable bonds is 4. The third kappa shape index (κ3) is 4.50. The highest BCUT2D eigenvalue weighted by molar-refractivity contribution is 5.92. The van der Waals surface area contributed by atoms with Crippen LogP contribution in [-0.2, 0) is 9.59 Å². The number of anilines is 1. The molecule has 1 heterocycles. The molecule has 2 rings (SSSR count). The Morgan fingerprint density at radius 1 is 1.09 bits per heavy atom. The van der Waals surface area contributed by atoms with Crippen LogP contribution < -0.4 is 4.90 Å². The van der Waals surface area contributed by atoms with Crippen LogP contribution in [0.25, 0.3) is 0 Å². The zero-order valence-corrected chi connectivity index (χ0v) is 13.4. The molecule has 1 aliphatic rings. The first-order valence-electron chi connectivity index (χ1n) is 8.00. The Balaban J connectivity index is 2.05. The minimum atomic E-state index is -0.803. The van der Waals surface area contributed by atoms with Crippen LogP contribution in [0.3, 0.4) is 0 Å². The molecule has 0 aromatic heterocycles. The van der Waals surface area contributed by atoms with Crippen molar-refractivity contribution in [2.24, 2.45) is 0 Å². The summed E-state index contributed by atoms with van der Waals surface area (Å²) in [5, 5.41) is 0. The van der Waals surface area contributed by atoms with Crippen molar-refractivity contribution in [1.29, 1.82) is 0 Å². The topological polar surface area (TPSA) is 40.6 Å². The first kappa shape index (κ1) is 17.4. The molecule has 0 radical (unpaired) electrons. The number of halogens is 2. The van der Waals surface area contributed by atoms with Gasteiger partial charge in [0.1, 0.15) is 17.3 Å². The number of nitrogens with zero attached hydrogens (tertiary/aromatic N) is 2. The summed E-state index contributed by atoms with van der Waals surface area (Å²) >= 11 is 0. The first-order valence-corrected chi connectivity index (χ1v) is 8.00. The largest absolute Gasteiger partial charge is 0.343 e. The van der Waals surface area contributed by atoms with E-state index >= 15 is 0 Å². The van der Waals surface area contributed by atoms with Crippen LogP contribution in [0, 0.1) is 11.6 Å². The van der Waals surface area contributed by atoms with Crippen molar-refractivity contribution in [2.75, 3.05) is 24.5 Å². The molecule has 0 unspecified atom stereocenters. The average molecular weight is 324 g/mol. The number of benzene rings is 1. The van der Waals surface area contributed by atoms with Crippen LogP contribution in [0.1, 0.15) is 39.0 Å². The van der Waals surface area contributed by atoms with Crippen LogP contribution in [0.5, 0.6) is 0 Å². The van der Waals surface area contributed by atoms with Gasteiger partial charge < -0.3 is 9.80 Å². The molecule has 0 saturated carbocycles. The Kier molecular flexibility index (Phi) is 6.07. The van der Waals surface area contributed by atoms with E-state index in [1.165, 1.54) is 13.0 Å². The minimum absolute atomic E-state index is 0.0253. The summed E-state index contributed by atoms with van der Waals surface area (Å²) in [6.07, 6.45) is 4.25.